The fourth-order valence-corrected chi connectivity index (χ4v) is 7.31. The van der Waals surface area contributed by atoms with E-state index in [0.717, 1.165) is 14.8 Å². The minimum Gasteiger partial charge on any atom is -0.492 e. The quantitative estimate of drug-likeness (QED) is 0.132. The summed E-state index contributed by atoms with van der Waals surface area (Å²) < 4.78 is 35.6. The Morgan fingerprint density at radius 1 is 0.915 bits per heavy atom. The van der Waals surface area contributed by atoms with Crippen molar-refractivity contribution in [1.29, 1.82) is 0 Å². The Balaban J connectivity index is 1.85. The molecule has 0 heterocycles. The molecule has 0 spiro atoms. The lowest BCUT2D eigenvalue weighted by Gasteiger charge is -2.34. The molecule has 0 radical (unpaired) electrons. The van der Waals surface area contributed by atoms with E-state index in [1.165, 1.54) is 28.8 Å². The van der Waals surface area contributed by atoms with Crippen LogP contribution < -0.4 is 14.4 Å². The zero-order valence-electron chi connectivity index (χ0n) is 26.4. The summed E-state index contributed by atoms with van der Waals surface area (Å²) in [5, 5.41) is 3.57. The average Bonchev–Trinajstić information content (AvgIpc) is 3.07. The van der Waals surface area contributed by atoms with Crippen LogP contribution in [-0.2, 0) is 32.6 Å². The van der Waals surface area contributed by atoms with E-state index in [1.807, 2.05) is 36.6 Å². The van der Waals surface area contributed by atoms with Gasteiger partial charge in [0.05, 0.1) is 17.2 Å². The highest BCUT2D eigenvalue weighted by molar-refractivity contribution is 7.98. The summed E-state index contributed by atoms with van der Waals surface area (Å²) in [7, 11) is -4.30. The number of sulfonamides is 1. The number of nitrogens with one attached hydrogen (secondary N) is 1. The van der Waals surface area contributed by atoms with Gasteiger partial charge < -0.3 is 15.0 Å². The van der Waals surface area contributed by atoms with Crippen LogP contribution in [-0.4, -0.2) is 57.1 Å². The van der Waals surface area contributed by atoms with E-state index in [-0.39, 0.29) is 36.1 Å². The van der Waals surface area contributed by atoms with Crippen LogP contribution in [0.2, 0.25) is 10.0 Å². The van der Waals surface area contributed by atoms with Crippen molar-refractivity contribution in [2.24, 2.45) is 0 Å². The van der Waals surface area contributed by atoms with Gasteiger partial charge in [0.25, 0.3) is 10.0 Å². The van der Waals surface area contributed by atoms with Crippen molar-refractivity contribution in [2.75, 3.05) is 30.3 Å². The van der Waals surface area contributed by atoms with Gasteiger partial charge in [0.1, 0.15) is 18.3 Å². The van der Waals surface area contributed by atoms with Crippen molar-refractivity contribution >= 4 is 62.5 Å². The van der Waals surface area contributed by atoms with Gasteiger partial charge in [0.2, 0.25) is 11.8 Å². The number of likely N-dealkylation sites (N-methyl/N-ethyl adjacent to an activating group) is 1. The normalized spacial score (nSPS) is 11.9. The molecule has 4 aromatic carbocycles. The van der Waals surface area contributed by atoms with Gasteiger partial charge in [-0.25, -0.2) is 8.42 Å². The van der Waals surface area contributed by atoms with Crippen LogP contribution in [0.25, 0.3) is 0 Å². The average molecular weight is 715 g/mol. The minimum atomic E-state index is -4.30. The molecule has 0 unspecified atom stereocenters. The van der Waals surface area contributed by atoms with E-state index < -0.39 is 28.5 Å². The molecule has 248 valence electrons. The second-order valence-electron chi connectivity index (χ2n) is 10.4. The fourth-order valence-electron chi connectivity index (χ4n) is 5.01. The van der Waals surface area contributed by atoms with Gasteiger partial charge in [-0.3, -0.25) is 13.9 Å². The molecule has 4 aromatic rings. The van der Waals surface area contributed by atoms with Crippen molar-refractivity contribution in [1.82, 2.24) is 10.2 Å². The van der Waals surface area contributed by atoms with E-state index in [9.17, 15) is 18.0 Å². The maximum atomic E-state index is 14.6. The number of hydrogen-bond acceptors (Lipinski definition) is 6. The minimum absolute atomic E-state index is 0.00580. The molecule has 0 saturated heterocycles. The molecule has 0 fully saturated rings. The van der Waals surface area contributed by atoms with E-state index in [0.29, 0.717) is 27.9 Å². The largest absolute Gasteiger partial charge is 0.492 e. The Labute approximate surface area is 291 Å². The molecule has 0 aromatic heterocycles. The first kappa shape index (κ1) is 36.1. The number of carbonyl (C=O) groups is 2. The monoisotopic (exact) mass is 713 g/mol. The molecular weight excluding hydrogens is 677 g/mol. The number of thioether (sulfide) groups is 1. The smallest absolute Gasteiger partial charge is 0.264 e. The number of para-hydroxylation sites is 2. The van der Waals surface area contributed by atoms with Gasteiger partial charge in [-0.15, -0.1) is 11.8 Å². The SMILES string of the molecule is CCNC(=O)[C@H](Cc1ccccc1)N(Cc1ccc(Cl)cc1Cl)C(=O)CN(c1ccccc1OCC)S(=O)(=O)c1ccc(SC)cc1. The van der Waals surface area contributed by atoms with Gasteiger partial charge in [-0.2, -0.15) is 0 Å². The molecular formula is C35H37Cl2N3O5S2. The number of nitrogens with zero attached hydrogens (tertiary/aromatic N) is 2. The number of hydrogen-bond donors (Lipinski definition) is 1. The lowest BCUT2D eigenvalue weighted by molar-refractivity contribution is -0.140. The van der Waals surface area contributed by atoms with Crippen molar-refractivity contribution < 1.29 is 22.7 Å². The van der Waals surface area contributed by atoms with E-state index >= 15 is 0 Å². The lowest BCUT2D eigenvalue weighted by atomic mass is 10.0. The van der Waals surface area contributed by atoms with Crippen LogP contribution in [0.4, 0.5) is 5.69 Å². The zero-order valence-corrected chi connectivity index (χ0v) is 29.5. The highest BCUT2D eigenvalue weighted by Crippen LogP contribution is 2.34. The number of rotatable bonds is 15. The number of benzene rings is 4. The first-order valence-corrected chi connectivity index (χ1v) is 18.4. The van der Waals surface area contributed by atoms with E-state index in [4.69, 9.17) is 27.9 Å². The molecule has 0 aliphatic rings. The predicted octanol–water partition coefficient (Wildman–Crippen LogP) is 7.09. The predicted molar refractivity (Wildman–Crippen MR) is 190 cm³/mol. The van der Waals surface area contributed by atoms with Crippen LogP contribution in [0, 0.1) is 0 Å². The molecule has 0 bridgehead atoms. The number of halogens is 2. The van der Waals surface area contributed by atoms with Crippen LogP contribution in [0.5, 0.6) is 5.75 Å². The first-order valence-electron chi connectivity index (χ1n) is 15.0. The number of anilines is 1. The third kappa shape index (κ3) is 9.22. The molecule has 47 heavy (non-hydrogen) atoms. The van der Waals surface area contributed by atoms with Crippen molar-refractivity contribution in [3.63, 3.8) is 0 Å². The van der Waals surface area contributed by atoms with Gasteiger partial charge >= 0.3 is 0 Å². The van der Waals surface area contributed by atoms with Crippen LogP contribution in [0.3, 0.4) is 0 Å². The fraction of sp³-hybridized carbons (Fsp3) is 0.257. The van der Waals surface area contributed by atoms with Gasteiger partial charge in [0.15, 0.2) is 0 Å². The molecule has 0 aliphatic carbocycles. The van der Waals surface area contributed by atoms with E-state index in [2.05, 4.69) is 5.32 Å². The summed E-state index contributed by atoms with van der Waals surface area (Å²) in [5.41, 5.74) is 1.56. The Kier molecular flexibility index (Phi) is 13.0. The molecule has 4 rings (SSSR count). The Morgan fingerprint density at radius 3 is 2.23 bits per heavy atom. The second kappa shape index (κ2) is 16.9. The topological polar surface area (TPSA) is 96.0 Å². The van der Waals surface area contributed by atoms with Crippen LogP contribution >= 0.6 is 35.0 Å². The maximum absolute atomic E-state index is 14.6. The third-order valence-electron chi connectivity index (χ3n) is 7.34. The Hall–Kier alpha value is -3.70. The third-order valence-corrected chi connectivity index (χ3v) is 10.4. The molecule has 12 heteroatoms. The number of ether oxygens (including phenoxy) is 1. The maximum Gasteiger partial charge on any atom is 0.264 e. The standard InChI is InChI=1S/C35H37Cl2N3O5S2/c1-4-38-35(42)32(21-25-11-7-6-8-12-25)39(23-26-15-16-27(36)22-30(26)37)34(41)24-40(31-13-9-10-14-33(31)45-5-2)47(43,44)29-19-17-28(46-3)18-20-29/h6-20,22,32H,4-5,21,23-24H2,1-3H3,(H,38,42)/t32-/m0/s1. The Bertz CT molecular complexity index is 1770. The summed E-state index contributed by atoms with van der Waals surface area (Å²) in [5.74, 6) is -0.700. The van der Waals surface area contributed by atoms with Crippen molar-refractivity contribution in [3.8, 4) is 5.75 Å². The molecule has 1 atom stereocenters. The van der Waals surface area contributed by atoms with E-state index in [1.54, 1.807) is 68.4 Å². The molecule has 1 N–H and O–H groups in total. The summed E-state index contributed by atoms with van der Waals surface area (Å²) in [4.78, 5) is 30.6. The second-order valence-corrected chi connectivity index (χ2v) is 14.0. The van der Waals surface area contributed by atoms with Gasteiger partial charge in [-0.05, 0) is 79.8 Å². The summed E-state index contributed by atoms with van der Waals surface area (Å²) in [6.07, 6.45) is 2.08. The van der Waals surface area contributed by atoms with Gasteiger partial charge in [0, 0.05) is 34.5 Å². The van der Waals surface area contributed by atoms with Gasteiger partial charge in [-0.1, -0.05) is 71.7 Å². The van der Waals surface area contributed by atoms with Crippen LogP contribution in [0.15, 0.2) is 107 Å². The Morgan fingerprint density at radius 2 is 1.60 bits per heavy atom. The van der Waals surface area contributed by atoms with Crippen LogP contribution in [0.1, 0.15) is 25.0 Å². The van der Waals surface area contributed by atoms with Crippen molar-refractivity contribution in [2.45, 2.75) is 42.6 Å². The summed E-state index contributed by atoms with van der Waals surface area (Å²) in [6.45, 7) is 3.50. The molecule has 8 nitrogen and oxygen atoms in total. The molecule has 0 saturated carbocycles. The molecule has 0 aliphatic heterocycles. The first-order chi connectivity index (χ1) is 22.6. The van der Waals surface area contributed by atoms with Crippen molar-refractivity contribution in [3.05, 3.63) is 118 Å². The summed E-state index contributed by atoms with van der Waals surface area (Å²) >= 11 is 14.2. The number of amides is 2. The highest BCUT2D eigenvalue weighted by atomic mass is 35.5. The number of carbonyl (C=O) groups excluding carboxylic acids is 2. The molecule has 2 amide bonds. The lowest BCUT2D eigenvalue weighted by Crippen LogP contribution is -2.53. The zero-order chi connectivity index (χ0) is 34.0. The summed E-state index contributed by atoms with van der Waals surface area (Å²) in [6, 6.07) is 26.3. The highest BCUT2D eigenvalue weighted by Gasteiger charge is 2.35.